The number of nitrogens with two attached hydrogens (primary N) is 1. The molecule has 1 saturated heterocycles. The molecule has 18 heavy (non-hydrogen) atoms. The van der Waals surface area contributed by atoms with E-state index in [1.165, 1.54) is 19.0 Å². The fourth-order valence-corrected chi connectivity index (χ4v) is 2.48. The van der Waals surface area contributed by atoms with Gasteiger partial charge < -0.3 is 11.1 Å². The number of aromatic nitrogens is 1. The average molecular weight is 246 g/mol. The zero-order valence-corrected chi connectivity index (χ0v) is 10.3. The lowest BCUT2D eigenvalue weighted by molar-refractivity contribution is 0.0932. The molecule has 5 heteroatoms. The molecule has 0 radical (unpaired) electrons. The molecule has 0 spiro atoms. The van der Waals surface area contributed by atoms with Gasteiger partial charge in [0, 0.05) is 25.2 Å². The van der Waals surface area contributed by atoms with Gasteiger partial charge in [-0.1, -0.05) is 0 Å². The maximum atomic E-state index is 12.0. The minimum Gasteiger partial charge on any atom is -0.397 e. The van der Waals surface area contributed by atoms with Gasteiger partial charge in [0.25, 0.3) is 5.91 Å². The molecule has 2 fully saturated rings. The molecule has 96 valence electrons. The van der Waals surface area contributed by atoms with Crippen LogP contribution >= 0.6 is 0 Å². The van der Waals surface area contributed by atoms with Crippen LogP contribution in [0.1, 0.15) is 29.8 Å². The molecule has 3 rings (SSSR count). The van der Waals surface area contributed by atoms with Gasteiger partial charge in [0.15, 0.2) is 0 Å². The van der Waals surface area contributed by atoms with E-state index in [2.05, 4.69) is 15.2 Å². The largest absolute Gasteiger partial charge is 0.397 e. The number of nitrogens with zero attached hydrogens (tertiary/aromatic N) is 2. The van der Waals surface area contributed by atoms with Gasteiger partial charge in [-0.05, 0) is 31.4 Å². The van der Waals surface area contributed by atoms with E-state index in [0.717, 1.165) is 25.6 Å². The zero-order chi connectivity index (χ0) is 12.5. The third-order valence-electron chi connectivity index (χ3n) is 3.64. The van der Waals surface area contributed by atoms with Crippen LogP contribution < -0.4 is 11.1 Å². The standard InChI is InChI=1S/C13H18N4O/c14-9-1-4-12(15-7-9)13(18)16-10-5-6-17(8-10)11-2-3-11/h1,4,7,10-11H,2-3,5-6,8,14H2,(H,16,18). The molecular weight excluding hydrogens is 228 g/mol. The third-order valence-corrected chi connectivity index (χ3v) is 3.64. The number of carbonyl (C=O) groups is 1. The molecule has 1 aromatic heterocycles. The first-order chi connectivity index (χ1) is 8.72. The maximum Gasteiger partial charge on any atom is 0.270 e. The van der Waals surface area contributed by atoms with E-state index < -0.39 is 0 Å². The Morgan fingerprint density at radius 3 is 2.89 bits per heavy atom. The molecule has 3 N–H and O–H groups in total. The fourth-order valence-electron chi connectivity index (χ4n) is 2.48. The number of hydrogen-bond acceptors (Lipinski definition) is 4. The molecule has 2 heterocycles. The molecular formula is C13H18N4O. The lowest BCUT2D eigenvalue weighted by Crippen LogP contribution is -2.37. The van der Waals surface area contributed by atoms with Crippen molar-refractivity contribution in [2.75, 3.05) is 18.8 Å². The van der Waals surface area contributed by atoms with E-state index in [-0.39, 0.29) is 11.9 Å². The molecule has 5 nitrogen and oxygen atoms in total. The lowest BCUT2D eigenvalue weighted by Gasteiger charge is -2.15. The number of nitrogen functional groups attached to an aromatic ring is 1. The van der Waals surface area contributed by atoms with Crippen molar-refractivity contribution in [3.8, 4) is 0 Å². The minimum atomic E-state index is -0.0994. The summed E-state index contributed by atoms with van der Waals surface area (Å²) in [7, 11) is 0. The molecule has 1 aromatic rings. The van der Waals surface area contributed by atoms with Crippen molar-refractivity contribution in [1.29, 1.82) is 0 Å². The molecule has 2 aliphatic rings. The van der Waals surface area contributed by atoms with Crippen LogP contribution in [0, 0.1) is 0 Å². The number of nitrogens with one attached hydrogen (secondary N) is 1. The highest BCUT2D eigenvalue weighted by atomic mass is 16.1. The smallest absolute Gasteiger partial charge is 0.270 e. The van der Waals surface area contributed by atoms with Crippen LogP contribution in [0.4, 0.5) is 5.69 Å². The van der Waals surface area contributed by atoms with Crippen LogP contribution in [-0.4, -0.2) is 41.0 Å². The van der Waals surface area contributed by atoms with Gasteiger partial charge >= 0.3 is 0 Å². The fraction of sp³-hybridized carbons (Fsp3) is 0.538. The topological polar surface area (TPSA) is 71.2 Å². The van der Waals surface area contributed by atoms with E-state index in [1.807, 2.05) is 0 Å². The van der Waals surface area contributed by atoms with Gasteiger partial charge in [-0.25, -0.2) is 4.98 Å². The summed E-state index contributed by atoms with van der Waals surface area (Å²) in [6, 6.07) is 4.41. The Morgan fingerprint density at radius 1 is 1.39 bits per heavy atom. The monoisotopic (exact) mass is 246 g/mol. The average Bonchev–Trinajstić information content (AvgIpc) is 3.11. The van der Waals surface area contributed by atoms with Crippen molar-refractivity contribution in [2.45, 2.75) is 31.3 Å². The molecule has 1 atom stereocenters. The SMILES string of the molecule is Nc1ccc(C(=O)NC2CCN(C3CC3)C2)nc1. The number of hydrogen-bond donors (Lipinski definition) is 2. The Bertz CT molecular complexity index is 441. The van der Waals surface area contributed by atoms with Crippen LogP contribution in [-0.2, 0) is 0 Å². The summed E-state index contributed by atoms with van der Waals surface area (Å²) in [4.78, 5) is 18.5. The second-order valence-corrected chi connectivity index (χ2v) is 5.16. The first-order valence-electron chi connectivity index (χ1n) is 6.49. The predicted octanol–water partition coefficient (Wildman–Crippen LogP) is 0.630. The Kier molecular flexibility index (Phi) is 2.91. The zero-order valence-electron chi connectivity index (χ0n) is 10.3. The second kappa shape index (κ2) is 4.57. The number of rotatable bonds is 3. The predicted molar refractivity (Wildman–Crippen MR) is 69.1 cm³/mol. The molecule has 1 aliphatic carbocycles. The van der Waals surface area contributed by atoms with E-state index >= 15 is 0 Å². The number of carbonyl (C=O) groups excluding carboxylic acids is 1. The molecule has 1 saturated carbocycles. The van der Waals surface area contributed by atoms with Gasteiger partial charge in [0.1, 0.15) is 5.69 Å². The van der Waals surface area contributed by atoms with Gasteiger partial charge in [-0.3, -0.25) is 9.69 Å². The van der Waals surface area contributed by atoms with Gasteiger partial charge in [-0.2, -0.15) is 0 Å². The molecule has 1 amide bonds. The summed E-state index contributed by atoms with van der Waals surface area (Å²) in [6.07, 6.45) is 5.19. The first-order valence-corrected chi connectivity index (χ1v) is 6.49. The van der Waals surface area contributed by atoms with Crippen LogP contribution in [0.5, 0.6) is 0 Å². The maximum absolute atomic E-state index is 12.0. The molecule has 0 bridgehead atoms. The van der Waals surface area contributed by atoms with Crippen LogP contribution in [0.15, 0.2) is 18.3 Å². The van der Waals surface area contributed by atoms with Crippen molar-refractivity contribution in [2.24, 2.45) is 0 Å². The number of anilines is 1. The molecule has 0 aromatic carbocycles. The highest BCUT2D eigenvalue weighted by Gasteiger charge is 2.34. The lowest BCUT2D eigenvalue weighted by atomic mass is 10.2. The first kappa shape index (κ1) is 11.5. The van der Waals surface area contributed by atoms with E-state index in [0.29, 0.717) is 11.4 Å². The van der Waals surface area contributed by atoms with Gasteiger partial charge in [0.2, 0.25) is 0 Å². The summed E-state index contributed by atoms with van der Waals surface area (Å²) in [5.74, 6) is -0.0994. The summed E-state index contributed by atoms with van der Waals surface area (Å²) < 4.78 is 0. The van der Waals surface area contributed by atoms with Crippen LogP contribution in [0.2, 0.25) is 0 Å². The van der Waals surface area contributed by atoms with E-state index in [1.54, 1.807) is 12.1 Å². The quantitative estimate of drug-likeness (QED) is 0.820. The van der Waals surface area contributed by atoms with Crippen molar-refractivity contribution in [3.63, 3.8) is 0 Å². The van der Waals surface area contributed by atoms with Crippen molar-refractivity contribution in [1.82, 2.24) is 15.2 Å². The molecule has 1 unspecified atom stereocenters. The summed E-state index contributed by atoms with van der Waals surface area (Å²) in [6.45, 7) is 2.08. The van der Waals surface area contributed by atoms with Crippen molar-refractivity contribution < 1.29 is 4.79 Å². The highest BCUT2D eigenvalue weighted by Crippen LogP contribution is 2.29. The number of pyridine rings is 1. The van der Waals surface area contributed by atoms with Crippen molar-refractivity contribution >= 4 is 11.6 Å². The molecule has 1 aliphatic heterocycles. The Labute approximate surface area is 106 Å². The van der Waals surface area contributed by atoms with Crippen molar-refractivity contribution in [3.05, 3.63) is 24.0 Å². The normalized spacial score (nSPS) is 24.1. The highest BCUT2D eigenvalue weighted by molar-refractivity contribution is 5.92. The van der Waals surface area contributed by atoms with E-state index in [9.17, 15) is 4.79 Å². The van der Waals surface area contributed by atoms with E-state index in [4.69, 9.17) is 5.73 Å². The van der Waals surface area contributed by atoms with Gasteiger partial charge in [-0.15, -0.1) is 0 Å². The van der Waals surface area contributed by atoms with Crippen LogP contribution in [0.3, 0.4) is 0 Å². The summed E-state index contributed by atoms with van der Waals surface area (Å²) >= 11 is 0. The second-order valence-electron chi connectivity index (χ2n) is 5.16. The number of amides is 1. The Morgan fingerprint density at radius 2 is 2.22 bits per heavy atom. The van der Waals surface area contributed by atoms with Gasteiger partial charge in [0.05, 0.1) is 11.9 Å². The van der Waals surface area contributed by atoms with Crippen LogP contribution in [0.25, 0.3) is 0 Å². The summed E-state index contributed by atoms with van der Waals surface area (Å²) in [5.41, 5.74) is 6.56. The minimum absolute atomic E-state index is 0.0994. The third kappa shape index (κ3) is 2.46. The summed E-state index contributed by atoms with van der Waals surface area (Å²) in [5, 5.41) is 3.04. The Hall–Kier alpha value is -1.62. The number of likely N-dealkylation sites (tertiary alicyclic amines) is 1. The Balaban J connectivity index is 1.56.